The normalized spacial score (nSPS) is 15.8. The second-order valence-electron chi connectivity index (χ2n) is 7.55. The molecule has 3 heterocycles. The average Bonchev–Trinajstić information content (AvgIpc) is 3.47. The number of carbonyl (C=O) groups is 1. The summed E-state index contributed by atoms with van der Waals surface area (Å²) in [7, 11) is -3.99. The molecule has 0 saturated carbocycles. The van der Waals surface area contributed by atoms with Gasteiger partial charge in [0, 0.05) is 24.8 Å². The maximum absolute atomic E-state index is 14.4. The number of halogens is 1. The van der Waals surface area contributed by atoms with Crippen molar-refractivity contribution in [2.24, 2.45) is 0 Å². The molecule has 3 aromatic rings. The number of rotatable bonds is 8. The molecule has 1 N–H and O–H groups in total. The summed E-state index contributed by atoms with van der Waals surface area (Å²) in [6.07, 6.45) is 5.87. The Kier molecular flexibility index (Phi) is 6.77. The lowest BCUT2D eigenvalue weighted by Gasteiger charge is -2.19. The lowest BCUT2D eigenvalue weighted by Crippen LogP contribution is -2.31. The first kappa shape index (κ1) is 22.7. The van der Waals surface area contributed by atoms with Gasteiger partial charge in [-0.2, -0.15) is 16.1 Å². The average molecular weight is 478 g/mol. The van der Waals surface area contributed by atoms with Crippen LogP contribution >= 0.6 is 11.8 Å². The van der Waals surface area contributed by atoms with Crippen LogP contribution in [0.1, 0.15) is 41.5 Å². The fraction of sp³-hybridized carbons (Fsp3) is 0.381. The molecule has 2 aromatic heterocycles. The fourth-order valence-electron chi connectivity index (χ4n) is 3.75. The largest absolute Gasteiger partial charge is 0.342 e. The Hall–Kier alpha value is -2.50. The van der Waals surface area contributed by atoms with Crippen LogP contribution in [-0.2, 0) is 10.0 Å². The summed E-state index contributed by atoms with van der Waals surface area (Å²) in [4.78, 5) is 12.6. The van der Waals surface area contributed by atoms with E-state index in [4.69, 9.17) is 0 Å². The van der Waals surface area contributed by atoms with E-state index in [9.17, 15) is 17.6 Å². The lowest BCUT2D eigenvalue weighted by molar-refractivity contribution is 0.0933. The van der Waals surface area contributed by atoms with Crippen molar-refractivity contribution in [2.75, 3.05) is 25.1 Å². The summed E-state index contributed by atoms with van der Waals surface area (Å²) in [6.45, 7) is 0.712. The van der Waals surface area contributed by atoms with Gasteiger partial charge in [0.05, 0.1) is 6.04 Å². The van der Waals surface area contributed by atoms with Crippen LogP contribution in [0.25, 0.3) is 5.65 Å². The van der Waals surface area contributed by atoms with Crippen LogP contribution < -0.4 is 5.32 Å². The number of nitrogens with one attached hydrogen (secondary N) is 1. The maximum atomic E-state index is 14.4. The minimum atomic E-state index is -3.99. The first-order valence-corrected chi connectivity index (χ1v) is 13.1. The van der Waals surface area contributed by atoms with E-state index in [-0.39, 0.29) is 5.56 Å². The van der Waals surface area contributed by atoms with E-state index in [0.29, 0.717) is 31.0 Å². The van der Waals surface area contributed by atoms with Crippen molar-refractivity contribution < 1.29 is 17.6 Å². The van der Waals surface area contributed by atoms with E-state index in [0.717, 1.165) is 30.7 Å². The van der Waals surface area contributed by atoms with Crippen molar-refractivity contribution in [3.8, 4) is 0 Å². The Morgan fingerprint density at radius 1 is 1.22 bits per heavy atom. The summed E-state index contributed by atoms with van der Waals surface area (Å²) in [5.41, 5.74) is 0.735. The molecule has 0 spiro atoms. The molecule has 4 rings (SSSR count). The molecule has 8 nitrogen and oxygen atoms in total. The molecule has 1 saturated heterocycles. The van der Waals surface area contributed by atoms with Crippen LogP contribution in [0.4, 0.5) is 4.39 Å². The number of fused-ring (bicyclic) bond motifs is 1. The molecule has 1 amide bonds. The number of benzene rings is 1. The van der Waals surface area contributed by atoms with Gasteiger partial charge in [-0.3, -0.25) is 9.20 Å². The van der Waals surface area contributed by atoms with Gasteiger partial charge in [-0.15, -0.1) is 10.2 Å². The highest BCUT2D eigenvalue weighted by Gasteiger charge is 2.31. The van der Waals surface area contributed by atoms with Gasteiger partial charge in [-0.25, -0.2) is 12.8 Å². The van der Waals surface area contributed by atoms with Gasteiger partial charge in [0.1, 0.15) is 10.7 Å². The van der Waals surface area contributed by atoms with Gasteiger partial charge in [0.2, 0.25) is 10.0 Å². The van der Waals surface area contributed by atoms with Crippen LogP contribution in [0, 0.1) is 5.82 Å². The van der Waals surface area contributed by atoms with Crippen LogP contribution in [0.15, 0.2) is 47.5 Å². The Morgan fingerprint density at radius 2 is 2.00 bits per heavy atom. The number of thioether (sulfide) groups is 1. The van der Waals surface area contributed by atoms with E-state index in [1.165, 1.54) is 10.4 Å². The summed E-state index contributed by atoms with van der Waals surface area (Å²) < 4.78 is 43.2. The van der Waals surface area contributed by atoms with Gasteiger partial charge >= 0.3 is 0 Å². The van der Waals surface area contributed by atoms with Crippen molar-refractivity contribution in [3.05, 3.63) is 59.8 Å². The van der Waals surface area contributed by atoms with Crippen LogP contribution in [0.2, 0.25) is 0 Å². The second-order valence-corrected chi connectivity index (χ2v) is 10.4. The molecule has 1 atom stereocenters. The van der Waals surface area contributed by atoms with E-state index in [1.54, 1.807) is 16.2 Å². The van der Waals surface area contributed by atoms with E-state index >= 15 is 0 Å². The topological polar surface area (TPSA) is 96.7 Å². The summed E-state index contributed by atoms with van der Waals surface area (Å²) in [5, 5.41) is 11.3. The molecule has 1 unspecified atom stereocenters. The molecule has 0 bridgehead atoms. The third-order valence-corrected chi connectivity index (χ3v) is 8.00. The standard InChI is InChI=1S/C21H24FN5O3S2/c1-31-13-9-17(20-25-24-19-6-2-3-12-27(19)20)23-21(28)15-7-8-16(22)18(14-15)32(29,30)26-10-4-5-11-26/h2-3,6-8,12,14,17H,4-5,9-11,13H2,1H3,(H,23,28). The van der Waals surface area contributed by atoms with Gasteiger partial charge in [0.15, 0.2) is 11.5 Å². The summed E-state index contributed by atoms with van der Waals surface area (Å²) in [6, 6.07) is 8.51. The first-order valence-electron chi connectivity index (χ1n) is 10.3. The van der Waals surface area contributed by atoms with Crippen molar-refractivity contribution in [1.82, 2.24) is 24.2 Å². The molecule has 32 heavy (non-hydrogen) atoms. The smallest absolute Gasteiger partial charge is 0.251 e. The third kappa shape index (κ3) is 4.50. The zero-order chi connectivity index (χ0) is 22.7. The van der Waals surface area contributed by atoms with Gasteiger partial charge in [0.25, 0.3) is 5.91 Å². The number of sulfonamides is 1. The highest BCUT2D eigenvalue weighted by molar-refractivity contribution is 7.98. The van der Waals surface area contributed by atoms with Gasteiger partial charge < -0.3 is 5.32 Å². The predicted molar refractivity (Wildman–Crippen MR) is 121 cm³/mol. The van der Waals surface area contributed by atoms with Crippen LogP contribution in [0.3, 0.4) is 0 Å². The molecule has 1 aliphatic heterocycles. The molecule has 0 radical (unpaired) electrons. The Bertz CT molecular complexity index is 1230. The van der Waals surface area contributed by atoms with Crippen LogP contribution in [0.5, 0.6) is 0 Å². The second kappa shape index (κ2) is 9.55. The molecule has 11 heteroatoms. The molecule has 0 aliphatic carbocycles. The van der Waals surface area contributed by atoms with Gasteiger partial charge in [-0.1, -0.05) is 6.07 Å². The quantitative estimate of drug-likeness (QED) is 0.536. The highest BCUT2D eigenvalue weighted by Crippen LogP contribution is 2.25. The van der Waals surface area contributed by atoms with E-state index in [2.05, 4.69) is 15.5 Å². The van der Waals surface area contributed by atoms with Crippen molar-refractivity contribution >= 4 is 33.3 Å². The van der Waals surface area contributed by atoms with E-state index in [1.807, 2.05) is 30.7 Å². The molecule has 170 valence electrons. The van der Waals surface area contributed by atoms with Crippen LogP contribution in [-0.4, -0.2) is 58.3 Å². The monoisotopic (exact) mass is 477 g/mol. The third-order valence-electron chi connectivity index (χ3n) is 5.44. The van der Waals surface area contributed by atoms with Crippen molar-refractivity contribution in [3.63, 3.8) is 0 Å². The fourth-order valence-corrected chi connectivity index (χ4v) is 5.83. The zero-order valence-electron chi connectivity index (χ0n) is 17.6. The van der Waals surface area contributed by atoms with Crippen molar-refractivity contribution in [1.29, 1.82) is 0 Å². The SMILES string of the molecule is CSCCC(NC(=O)c1ccc(F)c(S(=O)(=O)N2CCCC2)c1)c1nnc2ccccn12. The molecule has 1 aliphatic rings. The first-order chi connectivity index (χ1) is 15.4. The van der Waals surface area contributed by atoms with Gasteiger partial charge in [-0.05, 0) is 61.6 Å². The Labute approximate surface area is 190 Å². The Balaban J connectivity index is 1.62. The molecular formula is C21H24FN5O3S2. The number of pyridine rings is 1. The number of aromatic nitrogens is 3. The summed E-state index contributed by atoms with van der Waals surface area (Å²) in [5.74, 6) is -0.0162. The minimum absolute atomic E-state index is 0.0761. The van der Waals surface area contributed by atoms with E-state index < -0.39 is 32.7 Å². The lowest BCUT2D eigenvalue weighted by atomic mass is 10.1. The predicted octanol–water partition coefficient (Wildman–Crippen LogP) is 2.88. The summed E-state index contributed by atoms with van der Waals surface area (Å²) >= 11 is 1.63. The minimum Gasteiger partial charge on any atom is -0.342 e. The number of hydrogen-bond donors (Lipinski definition) is 1. The van der Waals surface area contributed by atoms with Crippen molar-refractivity contribution in [2.45, 2.75) is 30.2 Å². The maximum Gasteiger partial charge on any atom is 0.251 e. The number of carbonyl (C=O) groups excluding carboxylic acids is 1. The molecule has 1 aromatic carbocycles. The number of hydrogen-bond acceptors (Lipinski definition) is 6. The molecule has 1 fully saturated rings. The highest BCUT2D eigenvalue weighted by atomic mass is 32.2. The Morgan fingerprint density at radius 3 is 2.75 bits per heavy atom. The zero-order valence-corrected chi connectivity index (χ0v) is 19.2. The number of nitrogens with zero attached hydrogens (tertiary/aromatic N) is 4. The number of amides is 1. The molecular weight excluding hydrogens is 453 g/mol.